The van der Waals surface area contributed by atoms with Gasteiger partial charge in [-0.05, 0) is 40.8 Å². The van der Waals surface area contributed by atoms with Crippen LogP contribution in [0.2, 0.25) is 0 Å². The summed E-state index contributed by atoms with van der Waals surface area (Å²) in [6.45, 7) is 2.74. The number of aromatic nitrogens is 1. The second-order valence-electron chi connectivity index (χ2n) is 7.42. The average molecular weight is 544 g/mol. The van der Waals surface area contributed by atoms with Gasteiger partial charge >= 0.3 is 0 Å². The molecule has 1 aliphatic heterocycles. The molecule has 0 atom stereocenters. The first-order valence-electron chi connectivity index (χ1n) is 10.6. The number of rotatable bonds is 8. The number of nitrogens with one attached hydrogen (secondary N) is 2. The third kappa shape index (κ3) is 6.85. The summed E-state index contributed by atoms with van der Waals surface area (Å²) in [4.78, 5) is 8.62. The van der Waals surface area contributed by atoms with E-state index in [4.69, 9.17) is 9.47 Å². The number of aliphatic imine (C=N–C) groups is 1. The molecule has 0 bridgehead atoms. The summed E-state index contributed by atoms with van der Waals surface area (Å²) in [5, 5.41) is 6.73. The van der Waals surface area contributed by atoms with E-state index in [0.29, 0.717) is 19.0 Å². The number of pyridine rings is 1. The molecule has 3 aromatic rings. The Morgan fingerprint density at radius 2 is 1.91 bits per heavy atom. The number of hydrogen-bond donors (Lipinski definition) is 2. The van der Waals surface area contributed by atoms with E-state index >= 15 is 0 Å². The molecule has 0 fully saturated rings. The molecule has 0 amide bonds. The maximum atomic E-state index is 5.82. The zero-order valence-corrected chi connectivity index (χ0v) is 20.5. The molecule has 0 saturated carbocycles. The van der Waals surface area contributed by atoms with Gasteiger partial charge in [0.1, 0.15) is 12.4 Å². The molecule has 7 heteroatoms. The van der Waals surface area contributed by atoms with Crippen LogP contribution in [0.25, 0.3) is 0 Å². The molecular formula is C25H29IN4O2. The van der Waals surface area contributed by atoms with Crippen molar-refractivity contribution in [2.24, 2.45) is 4.99 Å². The first kappa shape index (κ1) is 23.8. The van der Waals surface area contributed by atoms with Crippen LogP contribution in [-0.2, 0) is 26.0 Å². The van der Waals surface area contributed by atoms with Crippen molar-refractivity contribution < 1.29 is 9.47 Å². The lowest BCUT2D eigenvalue weighted by Crippen LogP contribution is -2.37. The van der Waals surface area contributed by atoms with Crippen molar-refractivity contribution in [1.29, 1.82) is 0 Å². The number of ether oxygens (including phenoxy) is 2. The van der Waals surface area contributed by atoms with Crippen LogP contribution in [0.5, 0.6) is 11.6 Å². The predicted molar refractivity (Wildman–Crippen MR) is 138 cm³/mol. The maximum Gasteiger partial charge on any atom is 0.213 e. The Bertz CT molecular complexity index is 1030. The Hall–Kier alpha value is -2.81. The van der Waals surface area contributed by atoms with Crippen molar-refractivity contribution in [3.05, 3.63) is 89.1 Å². The van der Waals surface area contributed by atoms with Gasteiger partial charge < -0.3 is 20.1 Å². The summed E-state index contributed by atoms with van der Waals surface area (Å²) in [7, 11) is 1.78. The highest BCUT2D eigenvalue weighted by Crippen LogP contribution is 2.25. The SMILES string of the molecule is CN=C(NCCc1ccc2c(c1)CCO2)NCc1ccnc(OCc2ccccc2)c1.I. The fourth-order valence-corrected chi connectivity index (χ4v) is 3.50. The van der Waals surface area contributed by atoms with Crippen molar-refractivity contribution >= 4 is 29.9 Å². The molecule has 2 aromatic carbocycles. The lowest BCUT2D eigenvalue weighted by Gasteiger charge is -2.13. The highest BCUT2D eigenvalue weighted by Gasteiger charge is 2.11. The van der Waals surface area contributed by atoms with Gasteiger partial charge in [-0.25, -0.2) is 4.98 Å². The molecule has 1 aliphatic rings. The molecule has 0 radical (unpaired) electrons. The normalized spacial score (nSPS) is 12.3. The van der Waals surface area contributed by atoms with E-state index in [9.17, 15) is 0 Å². The molecule has 0 saturated heterocycles. The van der Waals surface area contributed by atoms with Crippen molar-refractivity contribution in [2.45, 2.75) is 26.0 Å². The first-order chi connectivity index (χ1) is 15.3. The van der Waals surface area contributed by atoms with E-state index in [0.717, 1.165) is 48.8 Å². The van der Waals surface area contributed by atoms with E-state index in [1.807, 2.05) is 42.5 Å². The Morgan fingerprint density at radius 1 is 1.03 bits per heavy atom. The lowest BCUT2D eigenvalue weighted by molar-refractivity contribution is 0.293. The molecule has 2 N–H and O–H groups in total. The number of benzene rings is 2. The number of guanidine groups is 1. The van der Waals surface area contributed by atoms with Gasteiger partial charge in [-0.1, -0.05) is 42.5 Å². The van der Waals surface area contributed by atoms with Crippen molar-refractivity contribution in [3.8, 4) is 11.6 Å². The number of fused-ring (bicyclic) bond motifs is 1. The van der Waals surface area contributed by atoms with Gasteiger partial charge in [0, 0.05) is 38.8 Å². The Labute approximate surface area is 206 Å². The molecule has 1 aromatic heterocycles. The number of hydrogen-bond acceptors (Lipinski definition) is 4. The van der Waals surface area contributed by atoms with Gasteiger partial charge in [-0.15, -0.1) is 24.0 Å². The summed E-state index contributed by atoms with van der Waals surface area (Å²) in [6, 6.07) is 20.5. The summed E-state index contributed by atoms with van der Waals surface area (Å²) >= 11 is 0. The first-order valence-corrected chi connectivity index (χ1v) is 10.6. The lowest BCUT2D eigenvalue weighted by atomic mass is 10.1. The van der Waals surface area contributed by atoms with Crippen LogP contribution in [0.4, 0.5) is 0 Å². The molecule has 0 spiro atoms. The summed E-state index contributed by atoms with van der Waals surface area (Å²) in [5.41, 5.74) is 4.82. The largest absolute Gasteiger partial charge is 0.493 e. The average Bonchev–Trinajstić information content (AvgIpc) is 3.29. The molecule has 6 nitrogen and oxygen atoms in total. The second-order valence-corrected chi connectivity index (χ2v) is 7.42. The minimum atomic E-state index is 0. The Morgan fingerprint density at radius 3 is 2.75 bits per heavy atom. The monoisotopic (exact) mass is 544 g/mol. The second kappa shape index (κ2) is 12.3. The van der Waals surface area contributed by atoms with Gasteiger partial charge in [0.05, 0.1) is 6.61 Å². The van der Waals surface area contributed by atoms with Crippen LogP contribution in [0.15, 0.2) is 71.9 Å². The summed E-state index contributed by atoms with van der Waals surface area (Å²) in [6.07, 6.45) is 3.70. The molecule has 168 valence electrons. The van der Waals surface area contributed by atoms with E-state index in [1.165, 1.54) is 11.1 Å². The molecule has 2 heterocycles. The topological polar surface area (TPSA) is 67.8 Å². The Balaban J connectivity index is 0.00000289. The van der Waals surface area contributed by atoms with Crippen molar-refractivity contribution in [3.63, 3.8) is 0 Å². The van der Waals surface area contributed by atoms with Gasteiger partial charge in [0.15, 0.2) is 5.96 Å². The van der Waals surface area contributed by atoms with Crippen molar-refractivity contribution in [2.75, 3.05) is 20.2 Å². The molecule has 0 unspecified atom stereocenters. The van der Waals surface area contributed by atoms with E-state index in [-0.39, 0.29) is 24.0 Å². The number of halogens is 1. The third-order valence-electron chi connectivity index (χ3n) is 5.17. The fraction of sp³-hybridized carbons (Fsp3) is 0.280. The maximum absolute atomic E-state index is 5.82. The summed E-state index contributed by atoms with van der Waals surface area (Å²) in [5.74, 6) is 2.42. The minimum absolute atomic E-state index is 0. The zero-order valence-electron chi connectivity index (χ0n) is 18.2. The van der Waals surface area contributed by atoms with Gasteiger partial charge in [0.2, 0.25) is 5.88 Å². The number of nitrogens with zero attached hydrogens (tertiary/aromatic N) is 2. The van der Waals surface area contributed by atoms with Crippen LogP contribution in [0, 0.1) is 0 Å². The highest BCUT2D eigenvalue weighted by molar-refractivity contribution is 14.0. The van der Waals surface area contributed by atoms with Gasteiger partial charge in [-0.2, -0.15) is 0 Å². The molecule has 4 rings (SSSR count). The van der Waals surface area contributed by atoms with Crippen molar-refractivity contribution in [1.82, 2.24) is 15.6 Å². The molecule has 0 aliphatic carbocycles. The van der Waals surface area contributed by atoms with Crippen LogP contribution < -0.4 is 20.1 Å². The Kier molecular flexibility index (Phi) is 9.15. The molecule has 32 heavy (non-hydrogen) atoms. The smallest absolute Gasteiger partial charge is 0.213 e. The molecular weight excluding hydrogens is 515 g/mol. The van der Waals surface area contributed by atoms with Crippen LogP contribution in [0.1, 0.15) is 22.3 Å². The van der Waals surface area contributed by atoms with Crippen LogP contribution >= 0.6 is 24.0 Å². The van der Waals surface area contributed by atoms with Crippen LogP contribution in [0.3, 0.4) is 0 Å². The highest BCUT2D eigenvalue weighted by atomic mass is 127. The minimum Gasteiger partial charge on any atom is -0.493 e. The fourth-order valence-electron chi connectivity index (χ4n) is 3.50. The summed E-state index contributed by atoms with van der Waals surface area (Å²) < 4.78 is 11.4. The third-order valence-corrected chi connectivity index (χ3v) is 5.17. The predicted octanol–water partition coefficient (Wildman–Crippen LogP) is 4.12. The van der Waals surface area contributed by atoms with Gasteiger partial charge in [0.25, 0.3) is 0 Å². The zero-order chi connectivity index (χ0) is 21.3. The van der Waals surface area contributed by atoms with E-state index < -0.39 is 0 Å². The van der Waals surface area contributed by atoms with Gasteiger partial charge in [-0.3, -0.25) is 4.99 Å². The van der Waals surface area contributed by atoms with Crippen LogP contribution in [-0.4, -0.2) is 31.1 Å². The van der Waals surface area contributed by atoms with E-state index in [1.54, 1.807) is 13.2 Å². The standard InChI is InChI=1S/C25H28N4O2.HI/c1-26-25(28-13-9-19-7-8-23-22(15-19)11-14-30-23)29-17-21-10-12-27-24(16-21)31-18-20-5-3-2-4-6-20;/h2-8,10,12,15-16H,9,11,13-14,17-18H2,1H3,(H2,26,28,29);1H. The quantitative estimate of drug-likeness (QED) is 0.254. The van der Waals surface area contributed by atoms with E-state index in [2.05, 4.69) is 38.8 Å².